The summed E-state index contributed by atoms with van der Waals surface area (Å²) in [5, 5.41) is 5.96. The maximum Gasteiger partial charge on any atom is 0.319 e. The van der Waals surface area contributed by atoms with Crippen LogP contribution >= 0.6 is 11.6 Å². The van der Waals surface area contributed by atoms with Crippen molar-refractivity contribution in [3.63, 3.8) is 0 Å². The predicted octanol–water partition coefficient (Wildman–Crippen LogP) is 3.71. The molecular formula is C19H22ClN3O. The minimum absolute atomic E-state index is 0.260. The van der Waals surface area contributed by atoms with Gasteiger partial charge in [0.2, 0.25) is 0 Å². The highest BCUT2D eigenvalue weighted by Gasteiger charge is 2.24. The van der Waals surface area contributed by atoms with E-state index in [4.69, 9.17) is 11.6 Å². The molecule has 1 aliphatic rings. The molecule has 0 saturated heterocycles. The van der Waals surface area contributed by atoms with Crippen molar-refractivity contribution < 1.29 is 4.79 Å². The van der Waals surface area contributed by atoms with Crippen LogP contribution in [0, 0.1) is 0 Å². The molecule has 24 heavy (non-hydrogen) atoms. The number of nitrogens with zero attached hydrogens (tertiary/aromatic N) is 1. The minimum Gasteiger partial charge on any atom is -0.341 e. The molecular weight excluding hydrogens is 322 g/mol. The smallest absolute Gasteiger partial charge is 0.319 e. The van der Waals surface area contributed by atoms with Crippen molar-refractivity contribution in [3.8, 4) is 0 Å². The van der Waals surface area contributed by atoms with Crippen LogP contribution in [0.4, 0.5) is 10.5 Å². The van der Waals surface area contributed by atoms with Gasteiger partial charge in [-0.2, -0.15) is 0 Å². The van der Waals surface area contributed by atoms with Crippen LogP contribution < -0.4 is 10.6 Å². The lowest BCUT2D eigenvalue weighted by atomic mass is 9.87. The molecule has 126 valence electrons. The zero-order valence-electron chi connectivity index (χ0n) is 14.0. The summed E-state index contributed by atoms with van der Waals surface area (Å²) < 4.78 is 0. The summed E-state index contributed by atoms with van der Waals surface area (Å²) in [6.07, 6.45) is 0.954. The van der Waals surface area contributed by atoms with Crippen LogP contribution in [0.1, 0.15) is 22.6 Å². The van der Waals surface area contributed by atoms with Crippen molar-refractivity contribution in [3.05, 3.63) is 64.2 Å². The summed E-state index contributed by atoms with van der Waals surface area (Å²) in [6, 6.07) is 14.3. The van der Waals surface area contributed by atoms with E-state index < -0.39 is 0 Å². The Bertz CT molecular complexity index is 733. The number of hydrogen-bond acceptors (Lipinski definition) is 2. The zero-order valence-corrected chi connectivity index (χ0v) is 14.7. The quantitative estimate of drug-likeness (QED) is 0.873. The predicted molar refractivity (Wildman–Crippen MR) is 99.0 cm³/mol. The number of nitrogens with one attached hydrogen (secondary N) is 2. The van der Waals surface area contributed by atoms with Gasteiger partial charge in [-0.15, -0.1) is 0 Å². The average molecular weight is 344 g/mol. The molecule has 0 unspecified atom stereocenters. The van der Waals surface area contributed by atoms with Gasteiger partial charge < -0.3 is 15.5 Å². The van der Waals surface area contributed by atoms with Crippen LogP contribution in [0.25, 0.3) is 0 Å². The van der Waals surface area contributed by atoms with Gasteiger partial charge in [-0.1, -0.05) is 41.9 Å². The van der Waals surface area contributed by atoms with E-state index in [2.05, 4.69) is 46.8 Å². The van der Waals surface area contributed by atoms with Gasteiger partial charge in [-0.25, -0.2) is 4.79 Å². The number of fused-ring (bicyclic) bond motifs is 1. The van der Waals surface area contributed by atoms with Crippen LogP contribution in [0.2, 0.25) is 5.02 Å². The topological polar surface area (TPSA) is 44.4 Å². The fourth-order valence-electron chi connectivity index (χ4n) is 3.24. The van der Waals surface area contributed by atoms with Crippen molar-refractivity contribution in [2.24, 2.45) is 0 Å². The summed E-state index contributed by atoms with van der Waals surface area (Å²) in [4.78, 5) is 14.0. The third-order valence-corrected chi connectivity index (χ3v) is 4.85. The number of halogens is 1. The first-order valence-corrected chi connectivity index (χ1v) is 8.51. The fraction of sp³-hybridized carbons (Fsp3) is 0.316. The normalized spacial score (nSPS) is 17.7. The minimum atomic E-state index is -0.265. The van der Waals surface area contributed by atoms with E-state index in [9.17, 15) is 4.79 Å². The van der Waals surface area contributed by atoms with E-state index in [1.165, 1.54) is 16.7 Å². The van der Waals surface area contributed by atoms with E-state index in [1.807, 2.05) is 18.2 Å². The lowest BCUT2D eigenvalue weighted by Gasteiger charge is -2.23. The van der Waals surface area contributed by atoms with Gasteiger partial charge in [-0.3, -0.25) is 0 Å². The van der Waals surface area contributed by atoms with Gasteiger partial charge >= 0.3 is 6.03 Å². The molecule has 2 amide bonds. The Kier molecular flexibility index (Phi) is 5.07. The van der Waals surface area contributed by atoms with Crippen molar-refractivity contribution >= 4 is 23.3 Å². The molecule has 0 radical (unpaired) electrons. The van der Waals surface area contributed by atoms with Crippen molar-refractivity contribution in [2.45, 2.75) is 12.3 Å². The molecule has 3 rings (SSSR count). The summed E-state index contributed by atoms with van der Waals surface area (Å²) >= 11 is 6.39. The zero-order chi connectivity index (χ0) is 17.1. The van der Waals surface area contributed by atoms with E-state index in [0.717, 1.165) is 19.5 Å². The van der Waals surface area contributed by atoms with Gasteiger partial charge in [-0.05, 0) is 42.3 Å². The SMILES string of the molecule is CNC(=O)Nc1cc2c(cc1Cl)CCN(C)C[C@@H]2c1ccccc1. The molecule has 1 aliphatic heterocycles. The first-order chi connectivity index (χ1) is 11.6. The van der Waals surface area contributed by atoms with Gasteiger partial charge in [0.25, 0.3) is 0 Å². The summed E-state index contributed by atoms with van der Waals surface area (Å²) in [6.45, 7) is 1.94. The molecule has 2 N–H and O–H groups in total. The second-order valence-electron chi connectivity index (χ2n) is 6.21. The molecule has 2 aromatic carbocycles. The highest BCUT2D eigenvalue weighted by molar-refractivity contribution is 6.33. The van der Waals surface area contributed by atoms with Crippen LogP contribution in [-0.4, -0.2) is 38.1 Å². The molecule has 2 aromatic rings. The molecule has 0 fully saturated rings. The molecule has 0 aromatic heterocycles. The molecule has 1 heterocycles. The van der Waals surface area contributed by atoms with E-state index >= 15 is 0 Å². The van der Waals surface area contributed by atoms with Crippen molar-refractivity contribution in [1.82, 2.24) is 10.2 Å². The number of anilines is 1. The Morgan fingerprint density at radius 2 is 2.00 bits per heavy atom. The van der Waals surface area contributed by atoms with Gasteiger partial charge in [0.15, 0.2) is 0 Å². The number of hydrogen-bond donors (Lipinski definition) is 2. The number of amides is 2. The molecule has 1 atom stereocenters. The van der Waals surface area contributed by atoms with Crippen LogP contribution in [0.5, 0.6) is 0 Å². The molecule has 4 nitrogen and oxygen atoms in total. The standard InChI is InChI=1S/C19H22ClN3O/c1-21-19(24)22-18-11-15-14(10-17(18)20)8-9-23(2)12-16(15)13-6-4-3-5-7-13/h3-7,10-11,16H,8-9,12H2,1-2H3,(H2,21,22,24)/t16-/m1/s1. The summed E-state index contributed by atoms with van der Waals surface area (Å²) in [7, 11) is 3.74. The first kappa shape index (κ1) is 16.8. The Morgan fingerprint density at radius 1 is 1.25 bits per heavy atom. The maximum absolute atomic E-state index is 11.7. The van der Waals surface area contributed by atoms with Crippen LogP contribution in [0.3, 0.4) is 0 Å². The third-order valence-electron chi connectivity index (χ3n) is 4.54. The van der Waals surface area contributed by atoms with Crippen molar-refractivity contribution in [2.75, 3.05) is 32.5 Å². The number of urea groups is 1. The maximum atomic E-state index is 11.7. The number of carbonyl (C=O) groups excluding carboxylic acids is 1. The molecule has 0 aliphatic carbocycles. The first-order valence-electron chi connectivity index (χ1n) is 8.13. The third kappa shape index (κ3) is 3.55. The van der Waals surface area contributed by atoms with E-state index in [0.29, 0.717) is 10.7 Å². The average Bonchev–Trinajstić information content (AvgIpc) is 2.75. The van der Waals surface area contributed by atoms with Gasteiger partial charge in [0, 0.05) is 26.1 Å². The second-order valence-corrected chi connectivity index (χ2v) is 6.62. The Morgan fingerprint density at radius 3 is 2.71 bits per heavy atom. The van der Waals surface area contributed by atoms with Crippen LogP contribution in [0.15, 0.2) is 42.5 Å². The summed E-state index contributed by atoms with van der Waals surface area (Å²) in [5.74, 6) is 0.260. The highest BCUT2D eigenvalue weighted by Crippen LogP contribution is 2.36. The molecule has 0 spiro atoms. The number of rotatable bonds is 2. The Balaban J connectivity index is 2.07. The highest BCUT2D eigenvalue weighted by atomic mass is 35.5. The fourth-order valence-corrected chi connectivity index (χ4v) is 3.47. The van der Waals surface area contributed by atoms with Gasteiger partial charge in [0.05, 0.1) is 10.7 Å². The monoisotopic (exact) mass is 343 g/mol. The van der Waals surface area contributed by atoms with E-state index in [-0.39, 0.29) is 11.9 Å². The largest absolute Gasteiger partial charge is 0.341 e. The van der Waals surface area contributed by atoms with Crippen molar-refractivity contribution in [1.29, 1.82) is 0 Å². The number of carbonyl (C=O) groups is 1. The number of benzene rings is 2. The van der Waals surface area contributed by atoms with E-state index in [1.54, 1.807) is 7.05 Å². The lowest BCUT2D eigenvalue weighted by molar-refractivity contribution is 0.254. The number of likely N-dealkylation sites (N-methyl/N-ethyl adjacent to an activating group) is 1. The molecule has 0 bridgehead atoms. The second kappa shape index (κ2) is 7.24. The lowest BCUT2D eigenvalue weighted by Crippen LogP contribution is -2.25. The van der Waals surface area contributed by atoms with Crippen LogP contribution in [-0.2, 0) is 6.42 Å². The Hall–Kier alpha value is -2.04. The summed E-state index contributed by atoms with van der Waals surface area (Å²) in [5.41, 5.74) is 4.42. The molecule has 0 saturated carbocycles. The Labute approximate surface area is 147 Å². The molecule has 5 heteroatoms. The van der Waals surface area contributed by atoms with Gasteiger partial charge in [0.1, 0.15) is 0 Å².